The van der Waals surface area contributed by atoms with Gasteiger partial charge in [-0.05, 0) is 61.5 Å². The van der Waals surface area contributed by atoms with E-state index in [4.69, 9.17) is 0 Å². The molecular weight excluding hydrogens is 402 g/mol. The van der Waals surface area contributed by atoms with Crippen LogP contribution in [0.5, 0.6) is 0 Å². The number of aromatic nitrogens is 1. The van der Waals surface area contributed by atoms with Gasteiger partial charge in [-0.25, -0.2) is 4.57 Å². The van der Waals surface area contributed by atoms with Crippen molar-refractivity contribution in [2.24, 2.45) is 7.05 Å². The minimum absolute atomic E-state index is 0.0707. The van der Waals surface area contributed by atoms with E-state index in [-0.39, 0.29) is 5.41 Å². The van der Waals surface area contributed by atoms with Gasteiger partial charge in [0.25, 0.3) is 0 Å². The lowest BCUT2D eigenvalue weighted by Crippen LogP contribution is -2.60. The fourth-order valence-corrected chi connectivity index (χ4v) is 9.85. The summed E-state index contributed by atoms with van der Waals surface area (Å²) in [5.74, 6) is 0.527. The van der Waals surface area contributed by atoms with Crippen LogP contribution in [0.2, 0.25) is 13.1 Å². The van der Waals surface area contributed by atoms with E-state index in [0.717, 1.165) is 0 Å². The summed E-state index contributed by atoms with van der Waals surface area (Å²) in [5, 5.41) is 8.99. The molecule has 4 aromatic rings. The molecule has 0 saturated carbocycles. The van der Waals surface area contributed by atoms with Gasteiger partial charge in [0.15, 0.2) is 6.20 Å². The summed E-state index contributed by atoms with van der Waals surface area (Å²) >= 11 is 0. The molecule has 164 valence electrons. The van der Waals surface area contributed by atoms with Crippen LogP contribution in [0.15, 0.2) is 48.7 Å². The molecule has 1 nitrogen and oxygen atoms in total. The Bertz CT molecular complexity index is 1420. The molecule has 0 bridgehead atoms. The summed E-state index contributed by atoms with van der Waals surface area (Å²) in [4.78, 5) is 0. The lowest BCUT2D eigenvalue weighted by Gasteiger charge is -2.39. The summed E-state index contributed by atoms with van der Waals surface area (Å²) in [7, 11) is 0.248. The number of hydrogen-bond donors (Lipinski definition) is 0. The Morgan fingerprint density at radius 3 is 2.22 bits per heavy atom. The van der Waals surface area contributed by atoms with Gasteiger partial charge < -0.3 is 0 Å². The van der Waals surface area contributed by atoms with E-state index in [1.54, 1.807) is 15.9 Å². The third-order valence-corrected chi connectivity index (χ3v) is 11.2. The Hall–Kier alpha value is -2.45. The van der Waals surface area contributed by atoms with Gasteiger partial charge in [0.2, 0.25) is 5.69 Å². The second kappa shape index (κ2) is 6.77. The van der Waals surface area contributed by atoms with Gasteiger partial charge in [0, 0.05) is 6.07 Å². The van der Waals surface area contributed by atoms with Crippen molar-refractivity contribution >= 4 is 40.0 Å². The molecule has 1 aromatic heterocycles. The number of pyridine rings is 1. The Labute approximate surface area is 194 Å². The first-order valence-electron chi connectivity index (χ1n) is 12.0. The zero-order valence-corrected chi connectivity index (χ0v) is 22.1. The first-order valence-corrected chi connectivity index (χ1v) is 15.0. The standard InChI is InChI=1S/C30H36NSi/c1-18(2)21-16-20-14-15-31(7)28-25-19(3)22-12-10-11-13-23(22)27(30(4,5)6)29(25)32(8,9)24(17-21)26(20)28/h10-18H,1-9H3/q+1. The van der Waals surface area contributed by atoms with E-state index in [0.29, 0.717) is 5.92 Å². The van der Waals surface area contributed by atoms with Crippen molar-refractivity contribution in [2.75, 3.05) is 0 Å². The number of benzene rings is 3. The van der Waals surface area contributed by atoms with Crippen molar-refractivity contribution in [1.82, 2.24) is 0 Å². The van der Waals surface area contributed by atoms with Crippen molar-refractivity contribution in [3.05, 3.63) is 65.4 Å². The van der Waals surface area contributed by atoms with E-state index in [1.165, 1.54) is 43.9 Å². The maximum atomic E-state index is 2.59. The predicted octanol–water partition coefficient (Wildman–Crippen LogP) is 6.35. The van der Waals surface area contributed by atoms with E-state index < -0.39 is 8.07 Å². The van der Waals surface area contributed by atoms with E-state index in [1.807, 2.05) is 0 Å². The first kappa shape index (κ1) is 21.4. The molecule has 1 aliphatic heterocycles. The summed E-state index contributed by atoms with van der Waals surface area (Å²) in [6.07, 6.45) is 2.26. The normalized spacial score (nSPS) is 14.9. The minimum Gasteiger partial charge on any atom is -0.200 e. The van der Waals surface area contributed by atoms with Crippen LogP contribution in [0.25, 0.3) is 32.8 Å². The molecule has 2 heterocycles. The third-order valence-electron chi connectivity index (χ3n) is 7.69. The molecule has 32 heavy (non-hydrogen) atoms. The smallest absolute Gasteiger partial charge is 0.200 e. The third kappa shape index (κ3) is 2.78. The summed E-state index contributed by atoms with van der Waals surface area (Å²) in [6.45, 7) is 19.4. The molecule has 0 atom stereocenters. The van der Waals surface area contributed by atoms with Gasteiger partial charge in [0.1, 0.15) is 15.1 Å². The van der Waals surface area contributed by atoms with Crippen LogP contribution in [0.1, 0.15) is 57.2 Å². The molecule has 0 amide bonds. The second-order valence-electron chi connectivity index (χ2n) is 11.6. The molecule has 5 rings (SSSR count). The minimum atomic E-state index is -1.98. The molecule has 0 N–H and O–H groups in total. The van der Waals surface area contributed by atoms with Crippen LogP contribution < -0.4 is 14.9 Å². The lowest BCUT2D eigenvalue weighted by atomic mass is 9.80. The molecule has 0 saturated heterocycles. The zero-order chi connectivity index (χ0) is 23.2. The molecule has 0 unspecified atom stereocenters. The van der Waals surface area contributed by atoms with Crippen molar-refractivity contribution < 1.29 is 4.57 Å². The Morgan fingerprint density at radius 2 is 1.59 bits per heavy atom. The molecule has 0 radical (unpaired) electrons. The van der Waals surface area contributed by atoms with E-state index >= 15 is 0 Å². The number of hydrogen-bond acceptors (Lipinski definition) is 0. The lowest BCUT2D eigenvalue weighted by molar-refractivity contribution is -0.659. The molecule has 0 fully saturated rings. The average molecular weight is 439 g/mol. The highest BCUT2D eigenvalue weighted by Gasteiger charge is 2.44. The number of rotatable bonds is 1. The van der Waals surface area contributed by atoms with Gasteiger partial charge in [-0.15, -0.1) is 0 Å². The summed E-state index contributed by atoms with van der Waals surface area (Å²) in [6, 6.07) is 16.4. The van der Waals surface area contributed by atoms with Crippen molar-refractivity contribution in [3.8, 4) is 11.3 Å². The molecule has 0 spiro atoms. The van der Waals surface area contributed by atoms with Crippen LogP contribution in [0.4, 0.5) is 0 Å². The highest BCUT2D eigenvalue weighted by molar-refractivity contribution is 7.03. The van der Waals surface area contributed by atoms with Gasteiger partial charge in [-0.2, -0.15) is 0 Å². The van der Waals surface area contributed by atoms with Crippen LogP contribution in [0.3, 0.4) is 0 Å². The monoisotopic (exact) mass is 438 g/mol. The number of aryl methyl sites for hydroxylation is 2. The predicted molar refractivity (Wildman–Crippen MR) is 142 cm³/mol. The molecule has 1 aliphatic rings. The van der Waals surface area contributed by atoms with Crippen molar-refractivity contribution in [1.29, 1.82) is 0 Å². The highest BCUT2D eigenvalue weighted by Crippen LogP contribution is 2.41. The zero-order valence-electron chi connectivity index (χ0n) is 21.1. The molecule has 2 heteroatoms. The Balaban J connectivity index is 2.11. The number of nitrogens with zero attached hydrogens (tertiary/aromatic N) is 1. The van der Waals surface area contributed by atoms with Gasteiger partial charge >= 0.3 is 0 Å². The van der Waals surface area contributed by atoms with Gasteiger partial charge in [0.05, 0.1) is 10.9 Å². The van der Waals surface area contributed by atoms with E-state index in [9.17, 15) is 0 Å². The van der Waals surface area contributed by atoms with E-state index in [2.05, 4.69) is 115 Å². The summed E-state index contributed by atoms with van der Waals surface area (Å²) in [5.41, 5.74) is 7.44. The fourth-order valence-electron chi connectivity index (χ4n) is 6.10. The number of fused-ring (bicyclic) bond motifs is 3. The SMILES string of the molecule is Cc1c2c(c(C(C)(C)C)c3ccccc13)[Si](C)(C)c1cc(C(C)C)cc3cc[n+](C)c-2c13. The topological polar surface area (TPSA) is 3.88 Å². The van der Waals surface area contributed by atoms with Gasteiger partial charge in [-0.3, -0.25) is 0 Å². The van der Waals surface area contributed by atoms with Crippen LogP contribution >= 0.6 is 0 Å². The van der Waals surface area contributed by atoms with Crippen molar-refractivity contribution in [3.63, 3.8) is 0 Å². The maximum Gasteiger partial charge on any atom is 0.220 e. The first-order chi connectivity index (χ1) is 14.9. The fraction of sp³-hybridized carbons (Fsp3) is 0.367. The van der Waals surface area contributed by atoms with Crippen LogP contribution in [0, 0.1) is 6.92 Å². The molecule has 0 aliphatic carbocycles. The largest absolute Gasteiger partial charge is 0.220 e. The Morgan fingerprint density at radius 1 is 0.938 bits per heavy atom. The van der Waals surface area contributed by atoms with Crippen molar-refractivity contribution in [2.45, 2.75) is 66.0 Å². The second-order valence-corrected chi connectivity index (χ2v) is 15.9. The average Bonchev–Trinajstić information content (AvgIpc) is 2.71. The Kier molecular flexibility index (Phi) is 4.53. The quantitative estimate of drug-likeness (QED) is 0.241. The van der Waals surface area contributed by atoms with Crippen LogP contribution in [-0.4, -0.2) is 8.07 Å². The molecule has 3 aromatic carbocycles. The maximum absolute atomic E-state index is 2.59. The summed E-state index contributed by atoms with van der Waals surface area (Å²) < 4.78 is 2.37. The van der Waals surface area contributed by atoms with Crippen LogP contribution in [-0.2, 0) is 12.5 Å². The molecular formula is C30H36NSi+. The van der Waals surface area contributed by atoms with Gasteiger partial charge in [-0.1, -0.05) is 84.1 Å². The highest BCUT2D eigenvalue weighted by atomic mass is 28.3.